The van der Waals surface area contributed by atoms with Crippen LogP contribution in [0, 0.1) is 0 Å². The largest absolute Gasteiger partial charge is 0.394 e. The number of allylic oxidation sites excluding steroid dienone is 9. The number of hydrogen-bond acceptors (Lipinski definition) is 18. The number of hydrogen-bond donors (Lipinski definition) is 12. The number of unbranched alkanes of at least 4 members (excludes halogenated alkanes) is 36. The fourth-order valence-electron chi connectivity index (χ4n) is 12.9. The van der Waals surface area contributed by atoms with E-state index in [-0.39, 0.29) is 18.9 Å². The van der Waals surface area contributed by atoms with Crippen LogP contribution in [0.2, 0.25) is 0 Å². The summed E-state index contributed by atoms with van der Waals surface area (Å²) in [6.45, 7) is 1.66. The number of amides is 1. The Morgan fingerprint density at radius 1 is 0.385 bits per heavy atom. The number of nitrogens with one attached hydrogen (secondary N) is 1. The molecule has 3 fully saturated rings. The average molecular weight is 1370 g/mol. The van der Waals surface area contributed by atoms with Crippen molar-refractivity contribution < 1.29 is 89.4 Å². The van der Waals surface area contributed by atoms with E-state index in [0.717, 1.165) is 77.0 Å². The summed E-state index contributed by atoms with van der Waals surface area (Å²) in [6.07, 6.45) is 46.2. The number of carbonyl (C=O) groups is 1. The zero-order valence-corrected chi connectivity index (χ0v) is 59.6. The second-order valence-electron chi connectivity index (χ2n) is 27.4. The summed E-state index contributed by atoms with van der Waals surface area (Å²) < 4.78 is 34.4. The monoisotopic (exact) mass is 1370 g/mol. The summed E-state index contributed by atoms with van der Waals surface area (Å²) in [5.41, 5.74) is 0. The van der Waals surface area contributed by atoms with Gasteiger partial charge in [0.2, 0.25) is 5.91 Å². The van der Waals surface area contributed by atoms with Crippen LogP contribution in [0.5, 0.6) is 0 Å². The minimum Gasteiger partial charge on any atom is -0.394 e. The molecule has 17 unspecified atom stereocenters. The lowest BCUT2D eigenvalue weighted by Crippen LogP contribution is -2.66. The summed E-state index contributed by atoms with van der Waals surface area (Å²) >= 11 is 0. The fraction of sp³-hybridized carbons (Fsp3) is 0.857. The van der Waals surface area contributed by atoms with Crippen LogP contribution >= 0.6 is 0 Å². The SMILES string of the molecule is CC/C=C\C/C=C\C/C=C\C/C=C\CCCCCCCCCCCCCCCCC(=O)NC(COC1OC(CO)C(OC2OC(CO)C(OC3OC(CO)C(O)C(O)C3O)C(O)C2O)C(O)C1O)C(O)/C=C/CCCCCCCCCCCCCCCCCCCCCCCC. The van der Waals surface area contributed by atoms with Crippen LogP contribution in [0.15, 0.2) is 60.8 Å². The van der Waals surface area contributed by atoms with E-state index >= 15 is 0 Å². The van der Waals surface area contributed by atoms with Crippen molar-refractivity contribution in [3.05, 3.63) is 60.8 Å². The van der Waals surface area contributed by atoms with Crippen LogP contribution in [0.3, 0.4) is 0 Å². The molecule has 3 aliphatic rings. The molecule has 3 saturated heterocycles. The molecule has 1 amide bonds. The van der Waals surface area contributed by atoms with E-state index in [9.17, 15) is 61.0 Å². The Labute approximate surface area is 579 Å². The Hall–Kier alpha value is -2.51. The average Bonchev–Trinajstić information content (AvgIpc) is 1.09. The van der Waals surface area contributed by atoms with Crippen LogP contribution in [0.4, 0.5) is 0 Å². The molecule has 0 saturated carbocycles. The maximum absolute atomic E-state index is 13.5. The van der Waals surface area contributed by atoms with Gasteiger partial charge in [-0.05, 0) is 57.8 Å². The number of aliphatic hydroxyl groups excluding tert-OH is 11. The first-order valence-corrected chi connectivity index (χ1v) is 38.5. The predicted molar refractivity (Wildman–Crippen MR) is 379 cm³/mol. The van der Waals surface area contributed by atoms with E-state index in [0.29, 0.717) is 6.42 Å². The van der Waals surface area contributed by atoms with Crippen molar-refractivity contribution >= 4 is 5.91 Å². The van der Waals surface area contributed by atoms with Gasteiger partial charge < -0.3 is 89.9 Å². The van der Waals surface area contributed by atoms with Crippen LogP contribution < -0.4 is 5.32 Å². The molecule has 0 aliphatic carbocycles. The molecule has 12 N–H and O–H groups in total. The molecule has 19 heteroatoms. The van der Waals surface area contributed by atoms with Gasteiger partial charge in [0.15, 0.2) is 18.9 Å². The van der Waals surface area contributed by atoms with E-state index in [1.54, 1.807) is 6.08 Å². The van der Waals surface area contributed by atoms with Crippen molar-refractivity contribution in [3.63, 3.8) is 0 Å². The van der Waals surface area contributed by atoms with Gasteiger partial charge in [0.05, 0.1) is 38.6 Å². The topological polar surface area (TPSA) is 307 Å². The van der Waals surface area contributed by atoms with Crippen molar-refractivity contribution in [2.75, 3.05) is 26.4 Å². The van der Waals surface area contributed by atoms with Crippen molar-refractivity contribution in [1.82, 2.24) is 5.32 Å². The molecule has 0 aromatic carbocycles. The molecule has 3 heterocycles. The molecule has 0 aromatic rings. The highest BCUT2D eigenvalue weighted by molar-refractivity contribution is 5.76. The number of ether oxygens (including phenoxy) is 6. The smallest absolute Gasteiger partial charge is 0.220 e. The van der Waals surface area contributed by atoms with Crippen LogP contribution in [0.25, 0.3) is 0 Å². The molecule has 17 atom stereocenters. The highest BCUT2D eigenvalue weighted by atomic mass is 16.8. The van der Waals surface area contributed by atoms with Crippen molar-refractivity contribution in [2.45, 2.75) is 394 Å². The van der Waals surface area contributed by atoms with Crippen molar-refractivity contribution in [3.8, 4) is 0 Å². The normalized spacial score (nSPS) is 27.4. The van der Waals surface area contributed by atoms with E-state index < -0.39 is 124 Å². The maximum Gasteiger partial charge on any atom is 0.220 e. The summed E-state index contributed by atoms with van der Waals surface area (Å²) in [4.78, 5) is 13.5. The summed E-state index contributed by atoms with van der Waals surface area (Å²) in [6, 6.07) is -0.977. The second-order valence-corrected chi connectivity index (χ2v) is 27.4. The van der Waals surface area contributed by atoms with Crippen LogP contribution in [-0.2, 0) is 33.2 Å². The minimum atomic E-state index is -1.98. The fourth-order valence-corrected chi connectivity index (χ4v) is 12.9. The number of carbonyl (C=O) groups excluding carboxylic acids is 1. The molecular formula is C77H139NO18. The Morgan fingerprint density at radius 2 is 0.719 bits per heavy atom. The Kier molecular flexibility index (Phi) is 53.0. The summed E-state index contributed by atoms with van der Waals surface area (Å²) in [7, 11) is 0. The van der Waals surface area contributed by atoms with E-state index in [1.807, 2.05) is 6.08 Å². The quantitative estimate of drug-likeness (QED) is 0.0199. The van der Waals surface area contributed by atoms with Gasteiger partial charge in [0, 0.05) is 6.42 Å². The van der Waals surface area contributed by atoms with E-state index in [2.05, 4.69) is 67.8 Å². The molecule has 0 spiro atoms. The lowest BCUT2D eigenvalue weighted by atomic mass is 9.96. The minimum absolute atomic E-state index is 0.241. The molecule has 19 nitrogen and oxygen atoms in total. The Balaban J connectivity index is 1.40. The van der Waals surface area contributed by atoms with Crippen molar-refractivity contribution in [2.24, 2.45) is 0 Å². The van der Waals surface area contributed by atoms with Crippen LogP contribution in [-0.4, -0.2) is 193 Å². The number of rotatable bonds is 60. The van der Waals surface area contributed by atoms with Gasteiger partial charge >= 0.3 is 0 Å². The molecule has 3 aliphatic heterocycles. The highest BCUT2D eigenvalue weighted by Crippen LogP contribution is 2.33. The first-order valence-electron chi connectivity index (χ1n) is 38.5. The summed E-state index contributed by atoms with van der Waals surface area (Å²) in [5.74, 6) is -0.274. The second kappa shape index (κ2) is 58.0. The molecule has 0 bridgehead atoms. The standard InChI is InChI=1S/C77H139NO18/c1-3-5-7-9-11-13-15-17-19-21-23-25-27-29-30-31-33-35-37-39-41-43-45-47-49-51-53-55-65(83)78-60(61(82)54-52-50-48-46-44-42-40-38-36-34-32-28-26-24-22-20-18-16-14-12-10-8-6-4-2)59-91-75-71(89)68(86)73(63(57-80)93-75)96-77-72(90)69(87)74(64(58-81)94-77)95-76-70(88)67(85)66(84)62(56-79)92-76/h5,7,11,13,17,19,23,25,52,54,60-64,66-77,79-82,84-90H,3-4,6,8-10,12,14-16,18,20-22,24,26-51,53,55-59H2,1-2H3,(H,78,83)/b7-5-,13-11-,19-17-,25-23-,54-52+. The number of aliphatic hydroxyl groups is 11. The van der Waals surface area contributed by atoms with Gasteiger partial charge in [-0.25, -0.2) is 0 Å². The molecule has 560 valence electrons. The highest BCUT2D eigenvalue weighted by Gasteiger charge is 2.53. The zero-order valence-electron chi connectivity index (χ0n) is 59.6. The van der Waals surface area contributed by atoms with E-state index in [1.165, 1.54) is 186 Å². The first kappa shape index (κ1) is 87.7. The molecule has 96 heavy (non-hydrogen) atoms. The maximum atomic E-state index is 13.5. The first-order chi connectivity index (χ1) is 46.8. The van der Waals surface area contributed by atoms with Crippen molar-refractivity contribution in [1.29, 1.82) is 0 Å². The summed E-state index contributed by atoms with van der Waals surface area (Å²) in [5, 5.41) is 121. The molecular weight excluding hydrogens is 1230 g/mol. The third-order valence-electron chi connectivity index (χ3n) is 19.1. The van der Waals surface area contributed by atoms with E-state index in [4.69, 9.17) is 28.4 Å². The third-order valence-corrected chi connectivity index (χ3v) is 19.1. The van der Waals surface area contributed by atoms with Gasteiger partial charge in [-0.3, -0.25) is 4.79 Å². The van der Waals surface area contributed by atoms with Gasteiger partial charge in [0.1, 0.15) is 73.2 Å². The van der Waals surface area contributed by atoms with Crippen LogP contribution in [0.1, 0.15) is 290 Å². The Morgan fingerprint density at radius 3 is 1.12 bits per heavy atom. The third kappa shape index (κ3) is 38.5. The van der Waals surface area contributed by atoms with Gasteiger partial charge in [-0.15, -0.1) is 0 Å². The molecule has 3 rings (SSSR count). The molecule has 0 radical (unpaired) electrons. The van der Waals surface area contributed by atoms with Gasteiger partial charge in [-0.1, -0.05) is 286 Å². The van der Waals surface area contributed by atoms with Gasteiger partial charge in [-0.2, -0.15) is 0 Å². The molecule has 0 aromatic heterocycles. The predicted octanol–water partition coefficient (Wildman–Crippen LogP) is 11.9. The van der Waals surface area contributed by atoms with Gasteiger partial charge in [0.25, 0.3) is 0 Å². The lowest BCUT2D eigenvalue weighted by Gasteiger charge is -2.48. The Bertz CT molecular complexity index is 1970. The lowest BCUT2D eigenvalue weighted by molar-refractivity contribution is -0.379. The zero-order chi connectivity index (χ0) is 69.6.